The summed E-state index contributed by atoms with van der Waals surface area (Å²) < 4.78 is 13.6. The van der Waals surface area contributed by atoms with E-state index in [2.05, 4.69) is 14.9 Å². The molecular formula is C22H22N6O3. The maximum absolute atomic E-state index is 11.9. The molecule has 3 heterocycles. The number of hydrogen-bond donors (Lipinski definition) is 3. The summed E-state index contributed by atoms with van der Waals surface area (Å²) in [5, 5.41) is 3.31. The first kappa shape index (κ1) is 18.1. The van der Waals surface area contributed by atoms with Crippen LogP contribution in [-0.4, -0.2) is 33.1 Å². The van der Waals surface area contributed by atoms with Gasteiger partial charge in [0.25, 0.3) is 6.01 Å². The number of nitrogens with one attached hydrogen (secondary N) is 1. The Morgan fingerprint density at radius 3 is 2.87 bits per heavy atom. The largest absolute Gasteiger partial charge is 0.491 e. The highest BCUT2D eigenvalue weighted by molar-refractivity contribution is 5.92. The Bertz CT molecular complexity index is 1340. The Hall–Kier alpha value is -3.75. The molecule has 1 amide bonds. The second kappa shape index (κ2) is 6.63. The molecule has 0 bridgehead atoms. The van der Waals surface area contributed by atoms with E-state index < -0.39 is 0 Å². The van der Waals surface area contributed by atoms with Gasteiger partial charge >= 0.3 is 0 Å². The molecule has 9 nitrogen and oxygen atoms in total. The minimum Gasteiger partial charge on any atom is -0.491 e. The molecule has 1 aliphatic heterocycles. The molecule has 0 spiro atoms. The van der Waals surface area contributed by atoms with Gasteiger partial charge in [-0.2, -0.15) is 4.98 Å². The van der Waals surface area contributed by atoms with Crippen LogP contribution in [0.15, 0.2) is 34.7 Å². The number of benzene rings is 2. The van der Waals surface area contributed by atoms with Crippen molar-refractivity contribution in [3.8, 4) is 17.1 Å². The fraction of sp³-hybridized carbons (Fsp3) is 0.318. The molecular weight excluding hydrogens is 396 g/mol. The third kappa shape index (κ3) is 3.04. The van der Waals surface area contributed by atoms with E-state index in [-0.39, 0.29) is 18.0 Å². The zero-order chi connectivity index (χ0) is 21.1. The number of ether oxygens (including phenoxy) is 1. The summed E-state index contributed by atoms with van der Waals surface area (Å²) >= 11 is 0. The van der Waals surface area contributed by atoms with E-state index in [1.165, 1.54) is 0 Å². The predicted molar refractivity (Wildman–Crippen MR) is 117 cm³/mol. The van der Waals surface area contributed by atoms with Gasteiger partial charge in [0.2, 0.25) is 5.91 Å². The number of aromatic nitrogens is 3. The number of aryl methyl sites for hydroxylation is 1. The van der Waals surface area contributed by atoms with Crippen LogP contribution in [0.2, 0.25) is 0 Å². The highest BCUT2D eigenvalue weighted by Gasteiger charge is 2.35. The van der Waals surface area contributed by atoms with Crippen LogP contribution in [0, 0.1) is 5.92 Å². The number of hydrogen-bond acceptors (Lipinski definition) is 7. The Morgan fingerprint density at radius 1 is 1.19 bits per heavy atom. The SMILES string of the molecule is NC(=O)C(Nc1cc2c3c(c1)nc(-c1ccc4oc(N)nc4c1)n3CCCO2)C1CC1. The summed E-state index contributed by atoms with van der Waals surface area (Å²) in [6.07, 6.45) is 2.89. The van der Waals surface area contributed by atoms with Crippen molar-refractivity contribution in [3.63, 3.8) is 0 Å². The van der Waals surface area contributed by atoms with E-state index in [0.29, 0.717) is 23.6 Å². The van der Waals surface area contributed by atoms with Crippen molar-refractivity contribution in [2.75, 3.05) is 17.7 Å². The fourth-order valence-electron chi connectivity index (χ4n) is 4.38. The lowest BCUT2D eigenvalue weighted by Crippen LogP contribution is -2.37. The minimum atomic E-state index is -0.378. The summed E-state index contributed by atoms with van der Waals surface area (Å²) in [5.41, 5.74) is 16.1. The second-order valence-corrected chi connectivity index (χ2v) is 8.23. The number of amides is 1. The normalized spacial score (nSPS) is 16.8. The molecule has 4 aromatic rings. The van der Waals surface area contributed by atoms with Crippen molar-refractivity contribution in [2.24, 2.45) is 11.7 Å². The van der Waals surface area contributed by atoms with Crippen molar-refractivity contribution < 1.29 is 13.9 Å². The number of carbonyl (C=O) groups excluding carboxylic acids is 1. The zero-order valence-electron chi connectivity index (χ0n) is 16.8. The van der Waals surface area contributed by atoms with E-state index in [0.717, 1.165) is 59.7 Å². The number of imidazole rings is 1. The topological polar surface area (TPSA) is 134 Å². The Balaban J connectivity index is 1.48. The standard InChI is InChI=1S/C22H22N6O3/c23-20(29)18(11-2-3-11)25-13-9-15-19-17(10-13)30-7-1-6-28(19)21(26-15)12-4-5-16-14(8-12)27-22(24)31-16/h4-5,8-11,18,25H,1-3,6-7H2,(H2,23,29)(H2,24,27). The Labute approximate surface area is 177 Å². The van der Waals surface area contributed by atoms with E-state index in [1.54, 1.807) is 0 Å². The number of anilines is 2. The molecule has 0 radical (unpaired) electrons. The third-order valence-corrected chi connectivity index (χ3v) is 5.97. The molecule has 158 valence electrons. The lowest BCUT2D eigenvalue weighted by atomic mass is 10.1. The van der Waals surface area contributed by atoms with Crippen molar-refractivity contribution in [1.29, 1.82) is 0 Å². The van der Waals surface area contributed by atoms with E-state index in [9.17, 15) is 4.79 Å². The first-order chi connectivity index (χ1) is 15.1. The number of carbonyl (C=O) groups is 1. The van der Waals surface area contributed by atoms with Gasteiger partial charge in [-0.05, 0) is 49.4 Å². The highest BCUT2D eigenvalue weighted by Crippen LogP contribution is 2.39. The predicted octanol–water partition coefficient (Wildman–Crippen LogP) is 2.89. The number of oxazole rings is 1. The summed E-state index contributed by atoms with van der Waals surface area (Å²) in [4.78, 5) is 21.1. The van der Waals surface area contributed by atoms with Gasteiger partial charge in [-0.15, -0.1) is 0 Å². The van der Waals surface area contributed by atoms with Crippen LogP contribution in [0.25, 0.3) is 33.5 Å². The van der Waals surface area contributed by atoms with Gasteiger partial charge in [-0.25, -0.2) is 4.98 Å². The summed E-state index contributed by atoms with van der Waals surface area (Å²) in [7, 11) is 0. The summed E-state index contributed by atoms with van der Waals surface area (Å²) in [6, 6.07) is 9.41. The maximum Gasteiger partial charge on any atom is 0.292 e. The van der Waals surface area contributed by atoms with Gasteiger partial charge < -0.3 is 30.5 Å². The number of nitrogen functional groups attached to an aromatic ring is 1. The lowest BCUT2D eigenvalue weighted by molar-refractivity contribution is -0.119. The van der Waals surface area contributed by atoms with Gasteiger partial charge in [-0.1, -0.05) is 0 Å². The molecule has 1 unspecified atom stereocenters. The lowest BCUT2D eigenvalue weighted by Gasteiger charge is -2.17. The molecule has 31 heavy (non-hydrogen) atoms. The van der Waals surface area contributed by atoms with E-state index in [1.807, 2.05) is 30.3 Å². The van der Waals surface area contributed by atoms with Crippen LogP contribution in [0.3, 0.4) is 0 Å². The first-order valence-corrected chi connectivity index (χ1v) is 10.5. The van der Waals surface area contributed by atoms with Crippen LogP contribution < -0.4 is 21.5 Å². The van der Waals surface area contributed by atoms with Gasteiger partial charge in [0.1, 0.15) is 28.6 Å². The maximum atomic E-state index is 11.9. The minimum absolute atomic E-state index is 0.143. The Morgan fingerprint density at radius 2 is 2.06 bits per heavy atom. The molecule has 9 heteroatoms. The van der Waals surface area contributed by atoms with Crippen LogP contribution in [-0.2, 0) is 11.3 Å². The van der Waals surface area contributed by atoms with Crippen LogP contribution in [0.5, 0.6) is 5.75 Å². The molecule has 1 atom stereocenters. The summed E-state index contributed by atoms with van der Waals surface area (Å²) in [6.45, 7) is 1.40. The number of nitrogens with zero attached hydrogens (tertiary/aromatic N) is 3. The second-order valence-electron chi connectivity index (χ2n) is 8.23. The van der Waals surface area contributed by atoms with Crippen molar-refractivity contribution in [1.82, 2.24) is 14.5 Å². The fourth-order valence-corrected chi connectivity index (χ4v) is 4.38. The zero-order valence-corrected chi connectivity index (χ0v) is 16.8. The molecule has 6 rings (SSSR count). The number of fused-ring (bicyclic) bond motifs is 1. The molecule has 1 saturated carbocycles. The molecule has 2 aromatic heterocycles. The van der Waals surface area contributed by atoms with Crippen molar-refractivity contribution >= 4 is 39.7 Å². The third-order valence-electron chi connectivity index (χ3n) is 5.97. The molecule has 2 aromatic carbocycles. The van der Waals surface area contributed by atoms with Crippen LogP contribution in [0.4, 0.5) is 11.7 Å². The van der Waals surface area contributed by atoms with E-state index >= 15 is 0 Å². The molecule has 1 fully saturated rings. The van der Waals surface area contributed by atoms with Gasteiger partial charge in [0.15, 0.2) is 5.58 Å². The number of rotatable bonds is 5. The number of nitrogens with two attached hydrogens (primary N) is 2. The highest BCUT2D eigenvalue weighted by atomic mass is 16.5. The van der Waals surface area contributed by atoms with E-state index in [4.69, 9.17) is 25.6 Å². The van der Waals surface area contributed by atoms with Crippen LogP contribution >= 0.6 is 0 Å². The number of primary amides is 1. The van der Waals surface area contributed by atoms with Gasteiger partial charge in [0, 0.05) is 23.9 Å². The van der Waals surface area contributed by atoms with Crippen LogP contribution in [0.1, 0.15) is 19.3 Å². The van der Waals surface area contributed by atoms with Crippen molar-refractivity contribution in [2.45, 2.75) is 31.8 Å². The average molecular weight is 418 g/mol. The summed E-state index contributed by atoms with van der Waals surface area (Å²) in [5.74, 6) is 1.54. The monoisotopic (exact) mass is 418 g/mol. The average Bonchev–Trinajstić information content (AvgIpc) is 3.45. The smallest absolute Gasteiger partial charge is 0.292 e. The quantitative estimate of drug-likeness (QED) is 0.454. The van der Waals surface area contributed by atoms with Crippen molar-refractivity contribution in [3.05, 3.63) is 30.3 Å². The Kier molecular flexibility index (Phi) is 3.86. The van der Waals surface area contributed by atoms with Gasteiger partial charge in [-0.3, -0.25) is 4.79 Å². The molecule has 2 aliphatic rings. The van der Waals surface area contributed by atoms with Gasteiger partial charge in [0.05, 0.1) is 12.1 Å². The molecule has 1 aliphatic carbocycles. The molecule has 0 saturated heterocycles. The first-order valence-electron chi connectivity index (χ1n) is 10.5. The molecule has 5 N–H and O–H groups in total.